The Morgan fingerprint density at radius 1 is 1.00 bits per heavy atom. The number of rotatable bonds is 9. The first-order valence-corrected chi connectivity index (χ1v) is 8.07. The summed E-state index contributed by atoms with van der Waals surface area (Å²) < 4.78 is 0. The monoisotopic (exact) mass is 306 g/mol. The number of aryl methyl sites for hydroxylation is 1. The van der Waals surface area contributed by atoms with Gasteiger partial charge in [0.1, 0.15) is 0 Å². The van der Waals surface area contributed by atoms with Crippen molar-refractivity contribution in [1.29, 1.82) is 0 Å². The molecular weight excluding hydrogens is 280 g/mol. The van der Waals surface area contributed by atoms with Gasteiger partial charge < -0.3 is 10.2 Å². The molecule has 0 aliphatic heterocycles. The summed E-state index contributed by atoms with van der Waals surface area (Å²) in [5.74, 6) is -1.35. The molecule has 0 saturated carbocycles. The van der Waals surface area contributed by atoms with E-state index in [9.17, 15) is 19.8 Å². The van der Waals surface area contributed by atoms with Crippen LogP contribution in [0.3, 0.4) is 0 Å². The van der Waals surface area contributed by atoms with Crippen LogP contribution >= 0.6 is 0 Å². The van der Waals surface area contributed by atoms with Gasteiger partial charge in [0.2, 0.25) is 11.2 Å². The molecule has 0 atom stereocenters. The van der Waals surface area contributed by atoms with Crippen molar-refractivity contribution in [3.63, 3.8) is 0 Å². The SMILES string of the molecule is CCCCCCCCCC(=O)c1cc(O)c(O)c(=O)cc1C. The van der Waals surface area contributed by atoms with Gasteiger partial charge in [-0.05, 0) is 31.0 Å². The average Bonchev–Trinajstić information content (AvgIpc) is 2.58. The summed E-state index contributed by atoms with van der Waals surface area (Å²) in [6.45, 7) is 3.82. The Morgan fingerprint density at radius 3 is 2.23 bits per heavy atom. The third-order valence-electron chi connectivity index (χ3n) is 3.84. The smallest absolute Gasteiger partial charge is 0.224 e. The van der Waals surface area contributed by atoms with E-state index < -0.39 is 16.9 Å². The van der Waals surface area contributed by atoms with Crippen LogP contribution in [-0.2, 0) is 0 Å². The molecular formula is C18H26O4. The molecule has 0 saturated heterocycles. The van der Waals surface area contributed by atoms with Crippen LogP contribution in [0.1, 0.15) is 74.2 Å². The number of aromatic hydroxyl groups is 2. The van der Waals surface area contributed by atoms with Crippen molar-refractivity contribution in [3.05, 3.63) is 33.5 Å². The Bertz CT molecular complexity index is 564. The fourth-order valence-electron chi connectivity index (χ4n) is 2.47. The molecule has 1 rings (SSSR count). The Morgan fingerprint density at radius 2 is 1.59 bits per heavy atom. The molecule has 0 radical (unpaired) electrons. The van der Waals surface area contributed by atoms with Gasteiger partial charge in [-0.25, -0.2) is 0 Å². The molecule has 2 N–H and O–H groups in total. The Balaban J connectivity index is 2.58. The van der Waals surface area contributed by atoms with Crippen molar-refractivity contribution in [2.45, 2.75) is 65.2 Å². The molecule has 4 heteroatoms. The zero-order valence-electron chi connectivity index (χ0n) is 13.5. The van der Waals surface area contributed by atoms with Crippen molar-refractivity contribution in [1.82, 2.24) is 0 Å². The number of carbonyl (C=O) groups excluding carboxylic acids is 1. The lowest BCUT2D eigenvalue weighted by atomic mass is 10.0. The van der Waals surface area contributed by atoms with Gasteiger partial charge in [0.15, 0.2) is 11.5 Å². The summed E-state index contributed by atoms with van der Waals surface area (Å²) in [4.78, 5) is 23.7. The number of unbranched alkanes of at least 4 members (excludes halogenated alkanes) is 6. The predicted octanol–water partition coefficient (Wildman–Crippen LogP) is 4.09. The molecule has 1 aromatic carbocycles. The van der Waals surface area contributed by atoms with Gasteiger partial charge in [-0.15, -0.1) is 0 Å². The first-order chi connectivity index (χ1) is 10.5. The largest absolute Gasteiger partial charge is 0.504 e. The van der Waals surface area contributed by atoms with Crippen LogP contribution in [0.15, 0.2) is 16.9 Å². The summed E-state index contributed by atoms with van der Waals surface area (Å²) in [5, 5.41) is 19.0. The highest BCUT2D eigenvalue weighted by Gasteiger charge is 2.12. The average molecular weight is 306 g/mol. The molecule has 0 bridgehead atoms. The topological polar surface area (TPSA) is 74.6 Å². The van der Waals surface area contributed by atoms with E-state index >= 15 is 0 Å². The normalized spacial score (nSPS) is 10.6. The quantitative estimate of drug-likeness (QED) is 0.532. The third kappa shape index (κ3) is 5.51. The second-order valence-corrected chi connectivity index (χ2v) is 5.78. The van der Waals surface area contributed by atoms with Crippen molar-refractivity contribution < 1.29 is 15.0 Å². The van der Waals surface area contributed by atoms with Crippen molar-refractivity contribution in [3.8, 4) is 11.5 Å². The lowest BCUT2D eigenvalue weighted by Gasteiger charge is -2.03. The van der Waals surface area contributed by atoms with Crippen molar-refractivity contribution in [2.75, 3.05) is 0 Å². The minimum Gasteiger partial charge on any atom is -0.504 e. The summed E-state index contributed by atoms with van der Waals surface area (Å²) in [6.07, 6.45) is 8.28. The number of carbonyl (C=O) groups is 1. The van der Waals surface area contributed by atoms with Crippen LogP contribution in [0.4, 0.5) is 0 Å². The Labute approximate surface area is 131 Å². The molecule has 0 unspecified atom stereocenters. The van der Waals surface area contributed by atoms with Gasteiger partial charge >= 0.3 is 0 Å². The summed E-state index contributed by atoms with van der Waals surface area (Å²) in [6, 6.07) is 2.38. The third-order valence-corrected chi connectivity index (χ3v) is 3.84. The van der Waals surface area contributed by atoms with Crippen LogP contribution in [0.2, 0.25) is 0 Å². The first kappa shape index (κ1) is 18.2. The molecule has 0 heterocycles. The fraction of sp³-hybridized carbons (Fsp3) is 0.556. The van der Waals surface area contributed by atoms with E-state index in [0.29, 0.717) is 17.5 Å². The molecule has 0 spiro atoms. The standard InChI is InChI=1S/C18H26O4/c1-3-4-5-6-7-8-9-10-15(19)14-12-17(21)18(22)16(20)11-13(14)2/h11-12H,3-10H2,1-2H3,(H2,20,21,22). The molecule has 0 aliphatic rings. The summed E-state index contributed by atoms with van der Waals surface area (Å²) >= 11 is 0. The summed E-state index contributed by atoms with van der Waals surface area (Å²) in [5.41, 5.74) is 0.111. The lowest BCUT2D eigenvalue weighted by Crippen LogP contribution is -2.01. The molecule has 4 nitrogen and oxygen atoms in total. The van der Waals surface area contributed by atoms with E-state index in [1.165, 1.54) is 37.8 Å². The van der Waals surface area contributed by atoms with Crippen LogP contribution in [-0.4, -0.2) is 16.0 Å². The van der Waals surface area contributed by atoms with E-state index in [-0.39, 0.29) is 5.78 Å². The fourth-order valence-corrected chi connectivity index (χ4v) is 2.47. The van der Waals surface area contributed by atoms with E-state index in [1.54, 1.807) is 6.92 Å². The van der Waals surface area contributed by atoms with Crippen LogP contribution in [0, 0.1) is 6.92 Å². The van der Waals surface area contributed by atoms with Gasteiger partial charge in [0, 0.05) is 12.0 Å². The van der Waals surface area contributed by atoms with Crippen LogP contribution < -0.4 is 5.43 Å². The number of hydrogen-bond donors (Lipinski definition) is 2. The van der Waals surface area contributed by atoms with Crippen LogP contribution in [0.5, 0.6) is 11.5 Å². The minimum atomic E-state index is -0.710. The second-order valence-electron chi connectivity index (χ2n) is 5.78. The number of Topliss-reactive ketones (excluding diaryl/α,β-unsaturated/α-hetero) is 1. The van der Waals surface area contributed by atoms with E-state index in [0.717, 1.165) is 19.3 Å². The molecule has 122 valence electrons. The highest BCUT2D eigenvalue weighted by Crippen LogP contribution is 2.22. The maximum Gasteiger partial charge on any atom is 0.224 e. The molecule has 0 aromatic heterocycles. The zero-order valence-corrected chi connectivity index (χ0v) is 13.5. The van der Waals surface area contributed by atoms with Gasteiger partial charge in [-0.2, -0.15) is 0 Å². The van der Waals surface area contributed by atoms with Crippen molar-refractivity contribution >= 4 is 5.78 Å². The second kappa shape index (κ2) is 9.23. The maximum atomic E-state index is 12.2. The van der Waals surface area contributed by atoms with Crippen molar-refractivity contribution in [2.24, 2.45) is 0 Å². The highest BCUT2D eigenvalue weighted by atomic mass is 16.3. The lowest BCUT2D eigenvalue weighted by molar-refractivity contribution is 0.0978. The molecule has 22 heavy (non-hydrogen) atoms. The number of hydrogen-bond acceptors (Lipinski definition) is 4. The molecule has 1 aromatic rings. The van der Waals surface area contributed by atoms with E-state index in [1.807, 2.05) is 0 Å². The molecule has 0 fully saturated rings. The number of ketones is 1. The molecule has 0 aliphatic carbocycles. The summed E-state index contributed by atoms with van der Waals surface area (Å²) in [7, 11) is 0. The van der Waals surface area contributed by atoms with E-state index in [2.05, 4.69) is 6.92 Å². The highest BCUT2D eigenvalue weighted by molar-refractivity contribution is 5.97. The van der Waals surface area contributed by atoms with Gasteiger partial charge in [-0.3, -0.25) is 9.59 Å². The van der Waals surface area contributed by atoms with Gasteiger partial charge in [0.05, 0.1) is 0 Å². The minimum absolute atomic E-state index is 0.101. The predicted molar refractivity (Wildman–Crippen MR) is 87.7 cm³/mol. The zero-order chi connectivity index (χ0) is 16.5. The molecule has 0 amide bonds. The first-order valence-electron chi connectivity index (χ1n) is 8.07. The van der Waals surface area contributed by atoms with E-state index in [4.69, 9.17) is 0 Å². The van der Waals surface area contributed by atoms with Gasteiger partial charge in [0.25, 0.3) is 0 Å². The maximum absolute atomic E-state index is 12.2. The van der Waals surface area contributed by atoms with Gasteiger partial charge in [-0.1, -0.05) is 45.4 Å². The Kier molecular flexibility index (Phi) is 7.64. The Hall–Kier alpha value is -1.84. The van der Waals surface area contributed by atoms with Crippen LogP contribution in [0.25, 0.3) is 0 Å².